The Morgan fingerprint density at radius 1 is 1.02 bits per heavy atom. The van der Waals surface area contributed by atoms with Crippen LogP contribution in [0.25, 0.3) is 0 Å². The summed E-state index contributed by atoms with van der Waals surface area (Å²) >= 11 is 0. The number of hydrogen-bond donors (Lipinski definition) is 5. The number of aryl methyl sites for hydroxylation is 1. The average molecular weight is 625 g/mol. The molecule has 1 saturated heterocycles. The Hall–Kier alpha value is -2.58. The number of aliphatic hydroxyl groups is 2. The molecule has 0 aromatic heterocycles. The van der Waals surface area contributed by atoms with Crippen LogP contribution in [0.4, 0.5) is 0 Å². The summed E-state index contributed by atoms with van der Waals surface area (Å²) in [4.78, 5) is 9.36. The summed E-state index contributed by atoms with van der Waals surface area (Å²) in [5.41, 5.74) is 2.12. The van der Waals surface area contributed by atoms with Crippen molar-refractivity contribution in [2.45, 2.75) is 69.5 Å². The van der Waals surface area contributed by atoms with Crippen molar-refractivity contribution in [1.82, 2.24) is 9.62 Å². The highest BCUT2D eigenvalue weighted by Gasteiger charge is 2.26. The van der Waals surface area contributed by atoms with Gasteiger partial charge in [-0.15, -0.1) is 0 Å². The molecule has 0 radical (unpaired) electrons. The summed E-state index contributed by atoms with van der Waals surface area (Å²) in [5, 5.41) is 39.8. The number of aliphatic hydroxyl groups excluding tert-OH is 2. The molecule has 1 aliphatic heterocycles. The van der Waals surface area contributed by atoms with Gasteiger partial charge in [-0.05, 0) is 74.0 Å². The molecule has 1 heterocycles. The van der Waals surface area contributed by atoms with Gasteiger partial charge >= 0.3 is 0 Å². The Morgan fingerprint density at radius 2 is 1.70 bits per heavy atom. The fraction of sp³-hybridized carbons (Fsp3) is 0.581. The number of carboxylic acid groups (broad SMARTS) is 1. The Bertz CT molecular complexity index is 1180. The number of aliphatic carboxylic acids is 1. The quantitative estimate of drug-likeness (QED) is 0.156. The van der Waals surface area contributed by atoms with E-state index in [2.05, 4.69) is 5.32 Å². The molecule has 0 spiro atoms. The van der Waals surface area contributed by atoms with Gasteiger partial charge < -0.3 is 35.2 Å². The lowest BCUT2D eigenvalue weighted by atomic mass is 10.1. The summed E-state index contributed by atoms with van der Waals surface area (Å²) in [7, 11) is -3.46. The maximum absolute atomic E-state index is 12.8. The largest absolute Gasteiger partial charge is 0.508 e. The SMILES string of the molecule is CC(=O)O.O=S(=O)(c1cccc(CCCCOCCCCCCNC[C@H](O)c2ccc(O)c(CO)c2)c1)N1CCOCC1. The van der Waals surface area contributed by atoms with Gasteiger partial charge in [0.1, 0.15) is 5.75 Å². The van der Waals surface area contributed by atoms with Crippen LogP contribution in [0.1, 0.15) is 68.2 Å². The van der Waals surface area contributed by atoms with Crippen molar-refractivity contribution in [3.8, 4) is 5.75 Å². The predicted molar refractivity (Wildman–Crippen MR) is 163 cm³/mol. The lowest BCUT2D eigenvalue weighted by Crippen LogP contribution is -2.40. The van der Waals surface area contributed by atoms with Gasteiger partial charge in [-0.25, -0.2) is 8.42 Å². The second-order valence-electron chi connectivity index (χ2n) is 10.4. The lowest BCUT2D eigenvalue weighted by molar-refractivity contribution is -0.134. The number of unbranched alkanes of at least 4 members (excludes halogenated alkanes) is 4. The lowest BCUT2D eigenvalue weighted by Gasteiger charge is -2.26. The van der Waals surface area contributed by atoms with Crippen LogP contribution in [-0.2, 0) is 37.3 Å². The minimum Gasteiger partial charge on any atom is -0.508 e. The number of morpholine rings is 1. The van der Waals surface area contributed by atoms with Gasteiger partial charge in [-0.3, -0.25) is 4.79 Å². The van der Waals surface area contributed by atoms with Gasteiger partial charge in [0, 0.05) is 45.3 Å². The normalized spacial score (nSPS) is 14.6. The number of rotatable bonds is 18. The average Bonchev–Trinajstić information content (AvgIpc) is 3.00. The minimum atomic E-state index is -3.46. The molecule has 0 aliphatic carbocycles. The van der Waals surface area contributed by atoms with Gasteiger partial charge in [-0.1, -0.05) is 31.0 Å². The Morgan fingerprint density at radius 3 is 2.40 bits per heavy atom. The zero-order valence-corrected chi connectivity index (χ0v) is 25.9. The van der Waals surface area contributed by atoms with Crippen LogP contribution in [0.15, 0.2) is 47.4 Å². The molecule has 0 unspecified atom stereocenters. The minimum absolute atomic E-state index is 0.0332. The number of sulfonamides is 1. The first kappa shape index (κ1) is 36.6. The van der Waals surface area contributed by atoms with E-state index < -0.39 is 22.1 Å². The zero-order chi connectivity index (χ0) is 31.5. The van der Waals surface area contributed by atoms with Crippen molar-refractivity contribution in [3.05, 3.63) is 59.2 Å². The molecule has 1 aliphatic rings. The number of carboxylic acids is 1. The number of hydrogen-bond acceptors (Lipinski definition) is 9. The van der Waals surface area contributed by atoms with E-state index in [-0.39, 0.29) is 12.4 Å². The van der Waals surface area contributed by atoms with Gasteiger partial charge in [0.05, 0.1) is 30.8 Å². The molecule has 5 N–H and O–H groups in total. The van der Waals surface area contributed by atoms with Crippen molar-refractivity contribution in [1.29, 1.82) is 0 Å². The summed E-state index contributed by atoms with van der Waals surface area (Å²) in [5.74, 6) is -0.800. The molecule has 2 aromatic rings. The number of carbonyl (C=O) groups is 1. The van der Waals surface area contributed by atoms with Crippen LogP contribution >= 0.6 is 0 Å². The first-order valence-corrected chi connectivity index (χ1v) is 16.3. The van der Waals surface area contributed by atoms with E-state index in [9.17, 15) is 23.7 Å². The molecule has 0 bridgehead atoms. The van der Waals surface area contributed by atoms with Crippen LogP contribution < -0.4 is 5.32 Å². The maximum atomic E-state index is 12.8. The smallest absolute Gasteiger partial charge is 0.300 e. The van der Waals surface area contributed by atoms with Crippen molar-refractivity contribution >= 4 is 16.0 Å². The van der Waals surface area contributed by atoms with E-state index >= 15 is 0 Å². The van der Waals surface area contributed by atoms with E-state index in [1.807, 2.05) is 12.1 Å². The second-order valence-corrected chi connectivity index (χ2v) is 12.4. The van der Waals surface area contributed by atoms with Crippen LogP contribution in [0, 0.1) is 0 Å². The van der Waals surface area contributed by atoms with E-state index in [1.54, 1.807) is 24.3 Å². The fourth-order valence-corrected chi connectivity index (χ4v) is 6.02. The molecule has 11 nitrogen and oxygen atoms in total. The summed E-state index contributed by atoms with van der Waals surface area (Å²) in [6, 6.07) is 12.0. The third-order valence-electron chi connectivity index (χ3n) is 6.90. The molecular weight excluding hydrogens is 576 g/mol. The highest BCUT2D eigenvalue weighted by atomic mass is 32.2. The highest BCUT2D eigenvalue weighted by molar-refractivity contribution is 7.89. The monoisotopic (exact) mass is 624 g/mol. The number of ether oxygens (including phenoxy) is 2. The first-order chi connectivity index (χ1) is 20.6. The Balaban J connectivity index is 0.00000151. The van der Waals surface area contributed by atoms with E-state index in [0.717, 1.165) is 70.6 Å². The Kier molecular flexibility index (Phi) is 17.4. The standard InChI is InChI=1S/C29H44N2O7S.C2H4O2/c32-23-26-21-25(11-12-28(26)33)29(34)22-30-13-4-1-2-5-16-37-17-6-3-8-24-9-7-10-27(20-24)39(35,36)31-14-18-38-19-15-31;1-2(3)4/h7,9-12,20-21,29-30,32-34H,1-6,8,13-19,22-23H2;1H3,(H,3,4)/t29-;/m0./s1. The van der Waals surface area contributed by atoms with Gasteiger partial charge in [0.25, 0.3) is 5.97 Å². The van der Waals surface area contributed by atoms with Crippen molar-refractivity contribution in [2.24, 2.45) is 0 Å². The van der Waals surface area contributed by atoms with Gasteiger partial charge in [0.15, 0.2) is 0 Å². The van der Waals surface area contributed by atoms with Crippen molar-refractivity contribution < 1.29 is 43.1 Å². The van der Waals surface area contributed by atoms with Gasteiger partial charge in [-0.2, -0.15) is 4.31 Å². The number of nitrogens with zero attached hydrogens (tertiary/aromatic N) is 1. The van der Waals surface area contributed by atoms with E-state index in [1.165, 1.54) is 10.4 Å². The third-order valence-corrected chi connectivity index (χ3v) is 8.79. The zero-order valence-electron chi connectivity index (χ0n) is 25.1. The van der Waals surface area contributed by atoms with Crippen molar-refractivity contribution in [3.63, 3.8) is 0 Å². The molecule has 0 saturated carbocycles. The summed E-state index contributed by atoms with van der Waals surface area (Å²) in [6.07, 6.45) is 6.24. The highest BCUT2D eigenvalue weighted by Crippen LogP contribution is 2.22. The fourth-order valence-electron chi connectivity index (χ4n) is 4.54. The maximum Gasteiger partial charge on any atom is 0.300 e. The van der Waals surface area contributed by atoms with Crippen LogP contribution in [0.3, 0.4) is 0 Å². The third kappa shape index (κ3) is 14.2. The molecule has 12 heteroatoms. The second kappa shape index (κ2) is 20.4. The predicted octanol–water partition coefficient (Wildman–Crippen LogP) is 3.22. The first-order valence-electron chi connectivity index (χ1n) is 14.9. The summed E-state index contributed by atoms with van der Waals surface area (Å²) < 4.78 is 38.2. The molecule has 3 rings (SSSR count). The number of aromatic hydroxyl groups is 1. The molecule has 1 atom stereocenters. The molecule has 2 aromatic carbocycles. The topological polar surface area (TPSA) is 166 Å². The number of nitrogens with one attached hydrogen (secondary N) is 1. The molecule has 43 heavy (non-hydrogen) atoms. The number of benzene rings is 2. The van der Waals surface area contributed by atoms with E-state index in [4.69, 9.17) is 19.4 Å². The van der Waals surface area contributed by atoms with Crippen LogP contribution in [-0.4, -0.2) is 91.7 Å². The van der Waals surface area contributed by atoms with E-state index in [0.29, 0.717) is 55.5 Å². The number of phenols is 1. The van der Waals surface area contributed by atoms with Crippen LogP contribution in [0.2, 0.25) is 0 Å². The molecule has 242 valence electrons. The Labute approximate surface area is 255 Å². The van der Waals surface area contributed by atoms with Gasteiger partial charge in [0.2, 0.25) is 10.0 Å². The van der Waals surface area contributed by atoms with Crippen molar-refractivity contribution in [2.75, 3.05) is 52.6 Å². The molecule has 1 fully saturated rings. The summed E-state index contributed by atoms with van der Waals surface area (Å²) in [6.45, 7) is 5.21. The molecule has 0 amide bonds. The molecular formula is C31H48N2O9S. The van der Waals surface area contributed by atoms with Crippen LogP contribution in [0.5, 0.6) is 5.75 Å².